The van der Waals surface area contributed by atoms with Gasteiger partial charge in [-0.05, 0) is 19.8 Å². The Hall–Kier alpha value is -1.52. The predicted octanol–water partition coefficient (Wildman–Crippen LogP) is 1.41. The number of ether oxygens (including phenoxy) is 1. The number of aliphatic hydroxyl groups is 3. The lowest BCUT2D eigenvalue weighted by atomic mass is 9.89. The molecule has 6 heteroatoms. The fraction of sp³-hybridized carbons (Fsp3) is 0.714. The van der Waals surface area contributed by atoms with Crippen LogP contribution in [0.4, 0.5) is 0 Å². The predicted molar refractivity (Wildman–Crippen MR) is 102 cm³/mol. The number of hydrogen-bond acceptors (Lipinski definition) is 6. The van der Waals surface area contributed by atoms with E-state index >= 15 is 0 Å². The van der Waals surface area contributed by atoms with Crippen LogP contribution in [0.15, 0.2) is 12.2 Å². The summed E-state index contributed by atoms with van der Waals surface area (Å²) in [5.74, 6) is 4.52. The summed E-state index contributed by atoms with van der Waals surface area (Å²) < 4.78 is 5.00. The summed E-state index contributed by atoms with van der Waals surface area (Å²) >= 11 is 0. The highest BCUT2D eigenvalue weighted by molar-refractivity contribution is 5.85. The Morgan fingerprint density at radius 2 is 2.15 bits per heavy atom. The van der Waals surface area contributed by atoms with E-state index < -0.39 is 24.1 Å². The first-order valence-electron chi connectivity index (χ1n) is 9.56. The third kappa shape index (κ3) is 8.81. The van der Waals surface area contributed by atoms with Crippen molar-refractivity contribution in [3.8, 4) is 11.8 Å². The van der Waals surface area contributed by atoms with Crippen LogP contribution in [0.3, 0.4) is 0 Å². The first-order chi connectivity index (χ1) is 12.8. The van der Waals surface area contributed by atoms with Gasteiger partial charge in [-0.1, -0.05) is 37.8 Å². The summed E-state index contributed by atoms with van der Waals surface area (Å²) in [4.78, 5) is 23.0. The lowest BCUT2D eigenvalue weighted by molar-refractivity contribution is -0.125. The van der Waals surface area contributed by atoms with E-state index in [1.165, 1.54) is 0 Å². The van der Waals surface area contributed by atoms with Crippen molar-refractivity contribution in [3.63, 3.8) is 0 Å². The van der Waals surface area contributed by atoms with Crippen molar-refractivity contribution < 1.29 is 29.6 Å². The molecule has 27 heavy (non-hydrogen) atoms. The van der Waals surface area contributed by atoms with Crippen LogP contribution < -0.4 is 0 Å². The van der Waals surface area contributed by atoms with Gasteiger partial charge in [0.15, 0.2) is 5.78 Å². The van der Waals surface area contributed by atoms with E-state index in [1.807, 2.05) is 12.2 Å². The molecule has 0 aromatic carbocycles. The zero-order valence-electron chi connectivity index (χ0n) is 16.3. The second-order valence-corrected chi connectivity index (χ2v) is 7.40. The highest BCUT2D eigenvalue weighted by atomic mass is 16.5. The summed E-state index contributed by atoms with van der Waals surface area (Å²) in [6.07, 6.45) is 6.57. The fourth-order valence-corrected chi connectivity index (χ4v) is 3.12. The van der Waals surface area contributed by atoms with E-state index in [2.05, 4.69) is 18.8 Å². The standard InChI is InChI=1S/C21H32O6/c1-3-4-10-21(2,26)11-7-9-18-17(19(24)13-20(18)25)8-5-6-12-27-15-16(23)14-22/h7,9,17-18,20,22,25-26H,3-4,8,10-15H2,1-2H3/b9-7+/t17-,18-,20-,21?/m1/s1. The molecule has 1 saturated carbocycles. The van der Waals surface area contributed by atoms with E-state index in [9.17, 15) is 19.8 Å². The van der Waals surface area contributed by atoms with E-state index in [0.29, 0.717) is 19.3 Å². The van der Waals surface area contributed by atoms with Crippen LogP contribution in [0.25, 0.3) is 0 Å². The molecule has 1 unspecified atom stereocenters. The number of aliphatic hydroxyl groups excluding tert-OH is 2. The highest BCUT2D eigenvalue weighted by Gasteiger charge is 2.39. The number of ketones is 2. The smallest absolute Gasteiger partial charge is 0.183 e. The molecule has 1 rings (SSSR count). The van der Waals surface area contributed by atoms with Gasteiger partial charge < -0.3 is 20.1 Å². The molecule has 6 nitrogen and oxygen atoms in total. The molecule has 0 heterocycles. The molecule has 0 radical (unpaired) electrons. The fourth-order valence-electron chi connectivity index (χ4n) is 3.12. The monoisotopic (exact) mass is 380 g/mol. The second-order valence-electron chi connectivity index (χ2n) is 7.40. The van der Waals surface area contributed by atoms with Gasteiger partial charge in [-0.15, -0.1) is 5.92 Å². The van der Waals surface area contributed by atoms with Gasteiger partial charge in [0.2, 0.25) is 0 Å². The number of unbranched alkanes of at least 4 members (excludes halogenated alkanes) is 1. The lowest BCUT2D eigenvalue weighted by Gasteiger charge is -2.22. The van der Waals surface area contributed by atoms with Gasteiger partial charge in [0, 0.05) is 24.7 Å². The molecule has 1 aliphatic rings. The van der Waals surface area contributed by atoms with Crippen molar-refractivity contribution >= 4 is 11.6 Å². The lowest BCUT2D eigenvalue weighted by Crippen LogP contribution is -2.23. The number of carbonyl (C=O) groups is 2. The molecule has 1 fully saturated rings. The summed E-state index contributed by atoms with van der Waals surface area (Å²) in [5.41, 5.74) is -0.779. The molecule has 0 aromatic heterocycles. The van der Waals surface area contributed by atoms with Crippen molar-refractivity contribution in [2.24, 2.45) is 11.8 Å². The Morgan fingerprint density at radius 3 is 2.81 bits per heavy atom. The molecular formula is C21H32O6. The van der Waals surface area contributed by atoms with Crippen LogP contribution in [0, 0.1) is 23.7 Å². The van der Waals surface area contributed by atoms with Crippen LogP contribution in [-0.4, -0.2) is 58.4 Å². The van der Waals surface area contributed by atoms with Gasteiger partial charge in [0.1, 0.15) is 25.6 Å². The van der Waals surface area contributed by atoms with E-state index in [-0.39, 0.29) is 37.3 Å². The van der Waals surface area contributed by atoms with Crippen molar-refractivity contribution in [1.29, 1.82) is 0 Å². The molecule has 0 amide bonds. The zero-order valence-corrected chi connectivity index (χ0v) is 16.3. The average molecular weight is 380 g/mol. The Bertz CT molecular complexity index is 569. The summed E-state index contributed by atoms with van der Waals surface area (Å²) in [5, 5.41) is 29.1. The maximum absolute atomic E-state index is 12.1. The van der Waals surface area contributed by atoms with Crippen LogP contribution in [0.5, 0.6) is 0 Å². The summed E-state index contributed by atoms with van der Waals surface area (Å²) in [7, 11) is 0. The molecule has 0 aliphatic heterocycles. The molecule has 4 atom stereocenters. The molecule has 0 aromatic rings. The third-order valence-corrected chi connectivity index (χ3v) is 4.78. The first-order valence-corrected chi connectivity index (χ1v) is 9.56. The number of hydrogen-bond donors (Lipinski definition) is 3. The van der Waals surface area contributed by atoms with Gasteiger partial charge >= 0.3 is 0 Å². The maximum Gasteiger partial charge on any atom is 0.183 e. The molecule has 152 valence electrons. The van der Waals surface area contributed by atoms with E-state index in [4.69, 9.17) is 9.84 Å². The van der Waals surface area contributed by atoms with Gasteiger partial charge in [0.25, 0.3) is 0 Å². The largest absolute Gasteiger partial charge is 0.392 e. The minimum absolute atomic E-state index is 0.0134. The zero-order chi connectivity index (χ0) is 20.3. The van der Waals surface area contributed by atoms with Crippen LogP contribution in [0.1, 0.15) is 52.4 Å². The van der Waals surface area contributed by atoms with Gasteiger partial charge in [-0.3, -0.25) is 9.59 Å². The first kappa shape index (κ1) is 23.5. The molecule has 0 bridgehead atoms. The van der Waals surface area contributed by atoms with Gasteiger partial charge in [-0.25, -0.2) is 0 Å². The quantitative estimate of drug-likeness (QED) is 0.284. The number of carbonyl (C=O) groups excluding carboxylic acids is 2. The topological polar surface area (TPSA) is 104 Å². The summed E-state index contributed by atoms with van der Waals surface area (Å²) in [6.45, 7) is 3.19. The third-order valence-electron chi connectivity index (χ3n) is 4.78. The Kier molecular flexibility index (Phi) is 10.5. The molecule has 0 saturated heterocycles. The van der Waals surface area contributed by atoms with Crippen LogP contribution >= 0.6 is 0 Å². The van der Waals surface area contributed by atoms with Crippen molar-refractivity contribution in [1.82, 2.24) is 0 Å². The van der Waals surface area contributed by atoms with Crippen molar-refractivity contribution in [2.45, 2.75) is 64.1 Å². The Balaban J connectivity index is 2.54. The average Bonchev–Trinajstić information content (AvgIpc) is 2.89. The van der Waals surface area contributed by atoms with Gasteiger partial charge in [-0.2, -0.15) is 0 Å². The number of Topliss-reactive ketones (excluding diaryl/α,β-unsaturated/α-hetero) is 2. The number of rotatable bonds is 11. The molecule has 3 N–H and O–H groups in total. The van der Waals surface area contributed by atoms with Crippen molar-refractivity contribution in [2.75, 3.05) is 19.8 Å². The highest BCUT2D eigenvalue weighted by Crippen LogP contribution is 2.33. The minimum atomic E-state index is -0.779. The second kappa shape index (κ2) is 12.0. The Labute approximate surface area is 161 Å². The SMILES string of the molecule is CCCCC(C)(O)C/C=C/[C@H]1[C@H](O)CC(=O)[C@@H]1CC#CCOCC(=O)CO. The van der Waals surface area contributed by atoms with E-state index in [1.54, 1.807) is 6.92 Å². The van der Waals surface area contributed by atoms with Crippen LogP contribution in [-0.2, 0) is 14.3 Å². The summed E-state index contributed by atoms with van der Waals surface area (Å²) in [6, 6.07) is 0. The molecule has 0 spiro atoms. The van der Waals surface area contributed by atoms with Gasteiger partial charge in [0.05, 0.1) is 11.7 Å². The minimum Gasteiger partial charge on any atom is -0.392 e. The normalized spacial score (nSPS) is 24.6. The Morgan fingerprint density at radius 1 is 1.41 bits per heavy atom. The molecule has 1 aliphatic carbocycles. The van der Waals surface area contributed by atoms with E-state index in [0.717, 1.165) is 12.8 Å². The van der Waals surface area contributed by atoms with Crippen molar-refractivity contribution in [3.05, 3.63) is 12.2 Å². The van der Waals surface area contributed by atoms with Crippen LogP contribution in [0.2, 0.25) is 0 Å². The molecular weight excluding hydrogens is 348 g/mol. The maximum atomic E-state index is 12.1.